The Morgan fingerprint density at radius 2 is 2.20 bits per heavy atom. The monoisotopic (exact) mass is 228 g/mol. The molecule has 4 heteroatoms. The van der Waals surface area contributed by atoms with Gasteiger partial charge in [0.2, 0.25) is 0 Å². The van der Waals surface area contributed by atoms with Crippen molar-refractivity contribution in [2.24, 2.45) is 0 Å². The lowest BCUT2D eigenvalue weighted by Gasteiger charge is -2.06. The summed E-state index contributed by atoms with van der Waals surface area (Å²) in [4.78, 5) is 5.70. The summed E-state index contributed by atoms with van der Waals surface area (Å²) >= 11 is 1.77. The van der Waals surface area contributed by atoms with E-state index in [0.717, 1.165) is 18.2 Å². The van der Waals surface area contributed by atoms with Crippen LogP contribution in [-0.4, -0.2) is 24.7 Å². The van der Waals surface area contributed by atoms with Crippen LogP contribution in [-0.2, 0) is 11.3 Å². The van der Waals surface area contributed by atoms with Crippen LogP contribution in [0, 0.1) is 0 Å². The van der Waals surface area contributed by atoms with Gasteiger partial charge in [-0.25, -0.2) is 4.98 Å². The normalized spacial score (nSPS) is 13.4. The van der Waals surface area contributed by atoms with E-state index in [1.807, 2.05) is 6.20 Å². The number of nitrogens with one attached hydrogen (secondary N) is 1. The number of hydrogen-bond acceptors (Lipinski definition) is 4. The van der Waals surface area contributed by atoms with Gasteiger partial charge in [0.1, 0.15) is 0 Å². The molecule has 3 nitrogen and oxygen atoms in total. The largest absolute Gasteiger partial charge is 0.384 e. The molecule has 1 N–H and O–H groups in total. The van der Waals surface area contributed by atoms with Crippen LogP contribution in [0.2, 0.25) is 0 Å². The zero-order valence-electron chi connectivity index (χ0n) is 9.91. The van der Waals surface area contributed by atoms with E-state index in [4.69, 9.17) is 4.74 Å². The predicted molar refractivity (Wildman–Crippen MR) is 64.4 cm³/mol. The minimum absolute atomic E-state index is 0.396. The average molecular weight is 228 g/mol. The van der Waals surface area contributed by atoms with Gasteiger partial charge in [-0.15, -0.1) is 11.3 Å². The second-order valence-corrected chi connectivity index (χ2v) is 5.20. The van der Waals surface area contributed by atoms with Gasteiger partial charge < -0.3 is 10.1 Å². The molecular formula is C11H20N2OS. The third-order valence-electron chi connectivity index (χ3n) is 2.09. The van der Waals surface area contributed by atoms with Gasteiger partial charge in [0.05, 0.1) is 11.6 Å². The standard InChI is InChI=1S/C11H20N2OS/c1-8(2)12-5-10-6-13-11(15-10)9(3)7-14-4/h6,8-9,12H,5,7H2,1-4H3. The number of rotatable bonds is 6. The smallest absolute Gasteiger partial charge is 0.0979 e. The van der Waals surface area contributed by atoms with Gasteiger partial charge in [0, 0.05) is 36.7 Å². The van der Waals surface area contributed by atoms with E-state index in [1.54, 1.807) is 18.4 Å². The molecule has 0 aliphatic heterocycles. The number of aromatic nitrogens is 1. The summed E-state index contributed by atoms with van der Waals surface area (Å²) in [5.74, 6) is 0.396. The first-order valence-corrected chi connectivity index (χ1v) is 6.12. The molecule has 1 heterocycles. The van der Waals surface area contributed by atoms with Crippen LogP contribution in [0.3, 0.4) is 0 Å². The van der Waals surface area contributed by atoms with Gasteiger partial charge >= 0.3 is 0 Å². The lowest BCUT2D eigenvalue weighted by molar-refractivity contribution is 0.184. The Balaban J connectivity index is 2.48. The van der Waals surface area contributed by atoms with Crippen LogP contribution in [0.1, 0.15) is 36.6 Å². The summed E-state index contributed by atoms with van der Waals surface area (Å²) in [6.45, 7) is 8.09. The van der Waals surface area contributed by atoms with Crippen LogP contribution in [0.25, 0.3) is 0 Å². The molecule has 0 bridgehead atoms. The molecular weight excluding hydrogens is 208 g/mol. The maximum Gasteiger partial charge on any atom is 0.0979 e. The van der Waals surface area contributed by atoms with E-state index in [0.29, 0.717) is 12.0 Å². The fraction of sp³-hybridized carbons (Fsp3) is 0.727. The SMILES string of the molecule is COCC(C)c1ncc(CNC(C)C)s1. The lowest BCUT2D eigenvalue weighted by atomic mass is 10.2. The van der Waals surface area contributed by atoms with Crippen molar-refractivity contribution in [3.8, 4) is 0 Å². The average Bonchev–Trinajstić information content (AvgIpc) is 2.63. The fourth-order valence-electron chi connectivity index (χ4n) is 1.26. The van der Waals surface area contributed by atoms with E-state index in [1.165, 1.54) is 4.88 Å². The molecule has 1 unspecified atom stereocenters. The third-order valence-corrected chi connectivity index (χ3v) is 3.32. The summed E-state index contributed by atoms with van der Waals surface area (Å²) in [6.07, 6.45) is 1.96. The van der Waals surface area contributed by atoms with Gasteiger partial charge in [-0.05, 0) is 0 Å². The Kier molecular flexibility index (Phi) is 5.22. The van der Waals surface area contributed by atoms with Crippen molar-refractivity contribution < 1.29 is 4.74 Å². The topological polar surface area (TPSA) is 34.1 Å². The van der Waals surface area contributed by atoms with Crippen LogP contribution in [0.4, 0.5) is 0 Å². The lowest BCUT2D eigenvalue weighted by Crippen LogP contribution is -2.21. The number of nitrogens with zero attached hydrogens (tertiary/aromatic N) is 1. The molecule has 0 fully saturated rings. The molecule has 1 atom stereocenters. The highest BCUT2D eigenvalue weighted by atomic mass is 32.1. The molecule has 1 aromatic rings. The van der Waals surface area contributed by atoms with Crippen molar-refractivity contribution in [2.75, 3.05) is 13.7 Å². The highest BCUT2D eigenvalue weighted by molar-refractivity contribution is 7.11. The van der Waals surface area contributed by atoms with Crippen molar-refractivity contribution in [1.82, 2.24) is 10.3 Å². The van der Waals surface area contributed by atoms with E-state index in [9.17, 15) is 0 Å². The first kappa shape index (κ1) is 12.6. The molecule has 0 saturated carbocycles. The zero-order valence-corrected chi connectivity index (χ0v) is 10.7. The first-order valence-electron chi connectivity index (χ1n) is 5.30. The minimum atomic E-state index is 0.396. The second-order valence-electron chi connectivity index (χ2n) is 4.06. The molecule has 1 rings (SSSR count). The van der Waals surface area contributed by atoms with Crippen LogP contribution in [0.15, 0.2) is 6.20 Å². The highest BCUT2D eigenvalue weighted by Gasteiger charge is 2.10. The summed E-state index contributed by atoms with van der Waals surface area (Å²) in [7, 11) is 1.73. The molecule has 0 saturated heterocycles. The first-order chi connectivity index (χ1) is 7.13. The number of methoxy groups -OCH3 is 1. The van der Waals surface area contributed by atoms with Crippen molar-refractivity contribution in [3.05, 3.63) is 16.1 Å². The Morgan fingerprint density at radius 3 is 2.80 bits per heavy atom. The highest BCUT2D eigenvalue weighted by Crippen LogP contribution is 2.21. The Hall–Kier alpha value is -0.450. The van der Waals surface area contributed by atoms with Crippen LogP contribution in [0.5, 0.6) is 0 Å². The van der Waals surface area contributed by atoms with E-state index in [2.05, 4.69) is 31.1 Å². The minimum Gasteiger partial charge on any atom is -0.384 e. The Bertz CT molecular complexity index is 286. The maximum absolute atomic E-state index is 5.12. The molecule has 0 spiro atoms. The van der Waals surface area contributed by atoms with Gasteiger partial charge in [0.15, 0.2) is 0 Å². The summed E-state index contributed by atoms with van der Waals surface area (Å²) in [5, 5.41) is 4.55. The van der Waals surface area contributed by atoms with Gasteiger partial charge in [-0.3, -0.25) is 0 Å². The quantitative estimate of drug-likeness (QED) is 0.812. The van der Waals surface area contributed by atoms with Crippen molar-refractivity contribution >= 4 is 11.3 Å². The maximum atomic E-state index is 5.12. The van der Waals surface area contributed by atoms with Crippen molar-refractivity contribution in [1.29, 1.82) is 0 Å². The summed E-state index contributed by atoms with van der Waals surface area (Å²) in [6, 6.07) is 0.520. The van der Waals surface area contributed by atoms with Gasteiger partial charge in [-0.1, -0.05) is 20.8 Å². The van der Waals surface area contributed by atoms with Gasteiger partial charge in [0.25, 0.3) is 0 Å². The summed E-state index contributed by atoms with van der Waals surface area (Å²) < 4.78 is 5.12. The molecule has 0 aliphatic rings. The van der Waals surface area contributed by atoms with E-state index >= 15 is 0 Å². The molecule has 0 aliphatic carbocycles. The fourth-order valence-corrected chi connectivity index (χ4v) is 2.16. The Morgan fingerprint density at radius 1 is 1.47 bits per heavy atom. The van der Waals surface area contributed by atoms with Gasteiger partial charge in [-0.2, -0.15) is 0 Å². The van der Waals surface area contributed by atoms with Crippen LogP contribution >= 0.6 is 11.3 Å². The molecule has 1 aromatic heterocycles. The molecule has 0 amide bonds. The number of ether oxygens (including phenoxy) is 1. The third kappa shape index (κ3) is 4.28. The zero-order chi connectivity index (χ0) is 11.3. The summed E-state index contributed by atoms with van der Waals surface area (Å²) in [5.41, 5.74) is 0. The Labute approximate surface area is 95.9 Å². The van der Waals surface area contributed by atoms with Crippen molar-refractivity contribution in [3.63, 3.8) is 0 Å². The molecule has 0 radical (unpaired) electrons. The number of thiazole rings is 1. The molecule has 0 aromatic carbocycles. The second kappa shape index (κ2) is 6.20. The number of hydrogen-bond donors (Lipinski definition) is 1. The van der Waals surface area contributed by atoms with E-state index < -0.39 is 0 Å². The molecule has 86 valence electrons. The van der Waals surface area contributed by atoms with Crippen molar-refractivity contribution in [2.45, 2.75) is 39.3 Å². The predicted octanol–water partition coefficient (Wildman–Crippen LogP) is 2.39. The van der Waals surface area contributed by atoms with Crippen LogP contribution < -0.4 is 5.32 Å². The van der Waals surface area contributed by atoms with E-state index in [-0.39, 0.29) is 0 Å². The molecule has 15 heavy (non-hydrogen) atoms.